The van der Waals surface area contributed by atoms with Gasteiger partial charge >= 0.3 is 5.97 Å². The van der Waals surface area contributed by atoms with E-state index in [4.69, 9.17) is 31.5 Å². The van der Waals surface area contributed by atoms with Gasteiger partial charge in [0.25, 0.3) is 5.91 Å². The summed E-state index contributed by atoms with van der Waals surface area (Å²) in [5.41, 5.74) is 1.09. The van der Waals surface area contributed by atoms with Crippen molar-refractivity contribution in [1.82, 2.24) is 5.32 Å². The Labute approximate surface area is 238 Å². The number of ether oxygens (including phenoxy) is 3. The highest BCUT2D eigenvalue weighted by atomic mass is 32.2. The summed E-state index contributed by atoms with van der Waals surface area (Å²) in [7, 11) is 1.40. The Morgan fingerprint density at radius 2 is 1.85 bits per heavy atom. The van der Waals surface area contributed by atoms with Crippen molar-refractivity contribution < 1.29 is 49.0 Å². The van der Waals surface area contributed by atoms with Crippen LogP contribution in [-0.4, -0.2) is 86.9 Å². The fourth-order valence-electron chi connectivity index (χ4n) is 4.16. The molecule has 0 aliphatic carbocycles. The molecule has 2 aromatic carbocycles. The van der Waals surface area contributed by atoms with Gasteiger partial charge in [0.05, 0.1) is 29.9 Å². The number of carboxylic acids is 1. The van der Waals surface area contributed by atoms with Crippen LogP contribution in [0.1, 0.15) is 22.8 Å². The van der Waals surface area contributed by atoms with Gasteiger partial charge in [0, 0.05) is 6.92 Å². The number of benzene rings is 2. The molecule has 2 aliphatic heterocycles. The molecule has 4 rings (SSSR count). The van der Waals surface area contributed by atoms with Crippen LogP contribution >= 0.6 is 24.0 Å². The predicted octanol–water partition coefficient (Wildman–Crippen LogP) is 1.12. The molecule has 2 aliphatic rings. The van der Waals surface area contributed by atoms with Crippen molar-refractivity contribution >= 4 is 57.8 Å². The monoisotopic (exact) mass is 590 g/mol. The standard InChI is InChI=1S/C26H26N2O10S2/c1-12(30)27-20-22(32)21(31)18(11-29)38-25(20)37-16-8-3-13(9-17(16)36-2)10-19-23(33)28(26(39)40-19)15-6-4-14(5-7-15)24(34)35/h3-10,18,20-22,25,29,31-32H,11H2,1-2H3,(H,27,30)(H,34,35)/t18-,20-,21-,22-,25-/m1/s1. The van der Waals surface area contributed by atoms with Gasteiger partial charge in [-0.2, -0.15) is 0 Å². The van der Waals surface area contributed by atoms with Crippen LogP contribution in [0, 0.1) is 0 Å². The number of nitrogens with zero attached hydrogens (tertiary/aromatic N) is 1. The molecule has 14 heteroatoms. The third kappa shape index (κ3) is 6.11. The molecule has 12 nitrogen and oxygen atoms in total. The fourth-order valence-corrected chi connectivity index (χ4v) is 5.46. The number of nitrogens with one attached hydrogen (secondary N) is 1. The van der Waals surface area contributed by atoms with Crippen molar-refractivity contribution in [2.24, 2.45) is 0 Å². The number of carbonyl (C=O) groups is 3. The summed E-state index contributed by atoms with van der Waals surface area (Å²) in [4.78, 5) is 37.6. The first-order valence-corrected chi connectivity index (χ1v) is 13.1. The minimum absolute atomic E-state index is 0.0822. The number of hydrogen-bond donors (Lipinski definition) is 5. The van der Waals surface area contributed by atoms with E-state index in [0.29, 0.717) is 16.2 Å². The summed E-state index contributed by atoms with van der Waals surface area (Å²) < 4.78 is 17.2. The van der Waals surface area contributed by atoms with Crippen molar-refractivity contribution in [2.45, 2.75) is 37.6 Å². The topological polar surface area (TPSA) is 175 Å². The van der Waals surface area contributed by atoms with E-state index < -0.39 is 49.1 Å². The van der Waals surface area contributed by atoms with Gasteiger partial charge in [-0.15, -0.1) is 0 Å². The summed E-state index contributed by atoms with van der Waals surface area (Å²) in [6, 6.07) is 9.40. The molecule has 212 valence electrons. The Hall–Kier alpha value is -3.53. The van der Waals surface area contributed by atoms with Gasteiger partial charge in [-0.1, -0.05) is 30.0 Å². The van der Waals surface area contributed by atoms with Gasteiger partial charge in [0.1, 0.15) is 24.4 Å². The Kier molecular flexibility index (Phi) is 9.08. The molecule has 0 radical (unpaired) electrons. The number of thiocarbonyl (C=S) groups is 1. The van der Waals surface area contributed by atoms with Gasteiger partial charge in [-0.3, -0.25) is 14.5 Å². The number of aliphatic hydroxyl groups excluding tert-OH is 3. The fraction of sp³-hybridized carbons (Fsp3) is 0.308. The largest absolute Gasteiger partial charge is 0.493 e. The molecule has 0 saturated carbocycles. The second kappa shape index (κ2) is 12.3. The number of hydrogen-bond acceptors (Lipinski definition) is 11. The quantitative estimate of drug-likeness (QED) is 0.219. The lowest BCUT2D eigenvalue weighted by Crippen LogP contribution is -2.65. The van der Waals surface area contributed by atoms with Crippen LogP contribution in [-0.2, 0) is 14.3 Å². The van der Waals surface area contributed by atoms with Crippen molar-refractivity contribution in [3.8, 4) is 11.5 Å². The first-order valence-electron chi connectivity index (χ1n) is 11.9. The third-order valence-electron chi connectivity index (χ3n) is 6.15. The van der Waals surface area contributed by atoms with Crippen LogP contribution < -0.4 is 19.7 Å². The molecular weight excluding hydrogens is 564 g/mol. The zero-order valence-corrected chi connectivity index (χ0v) is 22.8. The van der Waals surface area contributed by atoms with Crippen molar-refractivity contribution in [3.63, 3.8) is 0 Å². The second-order valence-electron chi connectivity index (χ2n) is 8.83. The maximum Gasteiger partial charge on any atom is 0.335 e. The molecule has 40 heavy (non-hydrogen) atoms. The van der Waals surface area contributed by atoms with Crippen molar-refractivity contribution in [3.05, 3.63) is 58.5 Å². The Morgan fingerprint density at radius 1 is 1.15 bits per heavy atom. The van der Waals surface area contributed by atoms with E-state index in [2.05, 4.69) is 5.32 Å². The molecule has 2 amide bonds. The Balaban J connectivity index is 1.56. The smallest absolute Gasteiger partial charge is 0.335 e. The van der Waals surface area contributed by atoms with Crippen LogP contribution in [0.15, 0.2) is 47.4 Å². The normalized spacial score (nSPS) is 25.7. The molecule has 2 saturated heterocycles. The summed E-state index contributed by atoms with van der Waals surface area (Å²) in [6.07, 6.45) is -3.76. The lowest BCUT2D eigenvalue weighted by atomic mass is 9.97. The number of methoxy groups -OCH3 is 1. The predicted molar refractivity (Wildman–Crippen MR) is 148 cm³/mol. The van der Waals surface area contributed by atoms with Crippen LogP contribution in [0.3, 0.4) is 0 Å². The number of carbonyl (C=O) groups excluding carboxylic acids is 2. The van der Waals surface area contributed by atoms with Crippen LogP contribution in [0.25, 0.3) is 6.08 Å². The number of thioether (sulfide) groups is 1. The van der Waals surface area contributed by atoms with Crippen LogP contribution in [0.4, 0.5) is 5.69 Å². The SMILES string of the molecule is COc1cc(C=C2SC(=S)N(c3ccc(C(=O)O)cc3)C2=O)ccc1O[C@@H]1O[C@H](CO)[C@@H](O)[C@H](O)[C@H]1NC(C)=O. The molecule has 5 atom stereocenters. The van der Waals surface area contributed by atoms with Crippen LogP contribution in [0.2, 0.25) is 0 Å². The average molecular weight is 591 g/mol. The highest BCUT2D eigenvalue weighted by Crippen LogP contribution is 2.38. The molecule has 0 unspecified atom stereocenters. The van der Waals surface area contributed by atoms with E-state index in [9.17, 15) is 29.7 Å². The maximum absolute atomic E-state index is 13.1. The van der Waals surface area contributed by atoms with E-state index in [1.807, 2.05) is 0 Å². The van der Waals surface area contributed by atoms with E-state index >= 15 is 0 Å². The van der Waals surface area contributed by atoms with Gasteiger partial charge in [0.15, 0.2) is 15.8 Å². The molecule has 0 spiro atoms. The van der Waals surface area contributed by atoms with E-state index in [0.717, 1.165) is 11.8 Å². The first-order chi connectivity index (χ1) is 19.0. The number of anilines is 1. The molecule has 2 fully saturated rings. The number of carboxylic acid groups (broad SMARTS) is 1. The van der Waals surface area contributed by atoms with E-state index in [-0.39, 0.29) is 27.3 Å². The highest BCUT2D eigenvalue weighted by Gasteiger charge is 2.46. The number of aliphatic hydroxyl groups is 3. The van der Waals surface area contributed by atoms with Gasteiger partial charge in [-0.05, 0) is 48.0 Å². The zero-order valence-electron chi connectivity index (χ0n) is 21.2. The summed E-state index contributed by atoms with van der Waals surface area (Å²) >= 11 is 6.46. The molecular formula is C26H26N2O10S2. The number of rotatable bonds is 8. The summed E-state index contributed by atoms with van der Waals surface area (Å²) in [5, 5.41) is 41.8. The first kappa shape index (κ1) is 29.5. The third-order valence-corrected chi connectivity index (χ3v) is 7.45. The molecule has 2 heterocycles. The van der Waals surface area contributed by atoms with E-state index in [1.54, 1.807) is 18.2 Å². The molecule has 0 bridgehead atoms. The zero-order chi connectivity index (χ0) is 29.1. The van der Waals surface area contributed by atoms with Gasteiger partial charge < -0.3 is 40.0 Å². The highest BCUT2D eigenvalue weighted by molar-refractivity contribution is 8.27. The molecule has 2 aromatic rings. The second-order valence-corrected chi connectivity index (χ2v) is 10.5. The maximum atomic E-state index is 13.1. The average Bonchev–Trinajstić information content (AvgIpc) is 3.20. The summed E-state index contributed by atoms with van der Waals surface area (Å²) in [5.74, 6) is -1.55. The van der Waals surface area contributed by atoms with Gasteiger partial charge in [0.2, 0.25) is 12.2 Å². The lowest BCUT2D eigenvalue weighted by molar-refractivity contribution is -0.244. The number of amides is 2. The molecule has 0 aromatic heterocycles. The van der Waals surface area contributed by atoms with Gasteiger partial charge in [-0.25, -0.2) is 4.79 Å². The Morgan fingerprint density at radius 3 is 2.45 bits per heavy atom. The number of aromatic carboxylic acids is 1. The minimum atomic E-state index is -1.48. The van der Waals surface area contributed by atoms with Crippen molar-refractivity contribution in [1.29, 1.82) is 0 Å². The molecule has 5 N–H and O–H groups in total. The van der Waals surface area contributed by atoms with E-state index in [1.165, 1.54) is 49.3 Å². The lowest BCUT2D eigenvalue weighted by Gasteiger charge is -2.42. The summed E-state index contributed by atoms with van der Waals surface area (Å²) in [6.45, 7) is 0.639. The van der Waals surface area contributed by atoms with Crippen LogP contribution in [0.5, 0.6) is 11.5 Å². The minimum Gasteiger partial charge on any atom is -0.493 e. The van der Waals surface area contributed by atoms with Crippen molar-refractivity contribution in [2.75, 3.05) is 18.6 Å². The Bertz CT molecular complexity index is 1350.